The molecule has 1 aliphatic carbocycles. The second-order valence-electron chi connectivity index (χ2n) is 5.36. The van der Waals surface area contributed by atoms with Gasteiger partial charge >= 0.3 is 0 Å². The van der Waals surface area contributed by atoms with Crippen LogP contribution in [0.5, 0.6) is 5.75 Å². The van der Waals surface area contributed by atoms with Crippen molar-refractivity contribution in [3.63, 3.8) is 0 Å². The Kier molecular flexibility index (Phi) is 2.70. The molecule has 4 nitrogen and oxygen atoms in total. The Balaban J connectivity index is 1.70. The predicted molar refractivity (Wildman–Crippen MR) is 79.6 cm³/mol. The Morgan fingerprint density at radius 3 is 2.75 bits per heavy atom. The molecule has 20 heavy (non-hydrogen) atoms. The molecule has 0 spiro atoms. The van der Waals surface area contributed by atoms with Crippen molar-refractivity contribution in [3.05, 3.63) is 45.8 Å². The Morgan fingerprint density at radius 2 is 2.00 bits per heavy atom. The Bertz CT molecular complexity index is 660. The van der Waals surface area contributed by atoms with Crippen molar-refractivity contribution >= 4 is 21.7 Å². The lowest BCUT2D eigenvalue weighted by Crippen LogP contribution is -2.12. The predicted octanol–water partition coefficient (Wildman–Crippen LogP) is 3.37. The molecule has 1 aliphatic heterocycles. The molecule has 1 atom stereocenters. The number of hydrogen-bond acceptors (Lipinski definition) is 4. The molecule has 2 N–H and O–H groups in total. The first-order valence-corrected chi connectivity index (χ1v) is 7.59. The van der Waals surface area contributed by atoms with Crippen LogP contribution in [-0.4, -0.2) is 9.97 Å². The minimum Gasteiger partial charge on any atom is -0.482 e. The number of benzene rings is 1. The van der Waals surface area contributed by atoms with Crippen LogP contribution in [0.3, 0.4) is 0 Å². The SMILES string of the molecule is Nc1nc(C2Cc3ccccc3O2)nc(C2CC2)c1Br. The van der Waals surface area contributed by atoms with Gasteiger partial charge in [-0.25, -0.2) is 9.97 Å². The molecular weight excluding hydrogens is 318 g/mol. The number of ether oxygens (including phenoxy) is 1. The summed E-state index contributed by atoms with van der Waals surface area (Å²) in [6.45, 7) is 0. The molecule has 0 amide bonds. The van der Waals surface area contributed by atoms with Gasteiger partial charge in [0.2, 0.25) is 0 Å². The number of nitrogen functional groups attached to an aromatic ring is 1. The fourth-order valence-corrected chi connectivity index (χ4v) is 3.10. The normalized spacial score (nSPS) is 20.6. The van der Waals surface area contributed by atoms with E-state index in [4.69, 9.17) is 15.5 Å². The van der Waals surface area contributed by atoms with Crippen molar-refractivity contribution in [2.45, 2.75) is 31.3 Å². The molecule has 4 rings (SSSR count). The number of rotatable bonds is 2. The largest absolute Gasteiger partial charge is 0.482 e. The maximum absolute atomic E-state index is 6.01. The maximum atomic E-state index is 6.01. The molecule has 0 bridgehead atoms. The lowest BCUT2D eigenvalue weighted by molar-refractivity contribution is 0.227. The quantitative estimate of drug-likeness (QED) is 0.916. The minimum absolute atomic E-state index is 0.125. The number of fused-ring (bicyclic) bond motifs is 1. The molecule has 1 saturated carbocycles. The summed E-state index contributed by atoms with van der Waals surface area (Å²) in [5.41, 5.74) is 8.24. The van der Waals surface area contributed by atoms with Gasteiger partial charge in [0.05, 0.1) is 10.2 Å². The summed E-state index contributed by atoms with van der Waals surface area (Å²) in [6, 6.07) is 8.07. The van der Waals surface area contributed by atoms with Crippen molar-refractivity contribution in [2.75, 3.05) is 5.73 Å². The lowest BCUT2D eigenvalue weighted by Gasteiger charge is -2.13. The highest BCUT2D eigenvalue weighted by atomic mass is 79.9. The second-order valence-corrected chi connectivity index (χ2v) is 6.15. The lowest BCUT2D eigenvalue weighted by atomic mass is 10.1. The second kappa shape index (κ2) is 4.45. The van der Waals surface area contributed by atoms with Crippen molar-refractivity contribution in [3.8, 4) is 5.75 Å². The molecule has 1 unspecified atom stereocenters. The van der Waals surface area contributed by atoms with E-state index in [0.717, 1.165) is 22.3 Å². The zero-order valence-electron chi connectivity index (χ0n) is 10.8. The number of halogens is 1. The number of aromatic nitrogens is 2. The Morgan fingerprint density at radius 1 is 1.20 bits per heavy atom. The van der Waals surface area contributed by atoms with Gasteiger partial charge in [0, 0.05) is 12.3 Å². The van der Waals surface area contributed by atoms with E-state index >= 15 is 0 Å². The number of nitrogens with two attached hydrogens (primary N) is 1. The summed E-state index contributed by atoms with van der Waals surface area (Å²) in [7, 11) is 0. The number of hydrogen-bond donors (Lipinski definition) is 1. The number of anilines is 1. The van der Waals surface area contributed by atoms with Crippen LogP contribution >= 0.6 is 15.9 Å². The van der Waals surface area contributed by atoms with Gasteiger partial charge in [-0.1, -0.05) is 18.2 Å². The van der Waals surface area contributed by atoms with Crippen LogP contribution in [0.4, 0.5) is 5.82 Å². The monoisotopic (exact) mass is 331 g/mol. The summed E-state index contributed by atoms with van der Waals surface area (Å²) in [5.74, 6) is 2.66. The molecule has 1 aromatic carbocycles. The van der Waals surface area contributed by atoms with E-state index in [-0.39, 0.29) is 6.10 Å². The summed E-state index contributed by atoms with van der Waals surface area (Å²) in [6.07, 6.45) is 3.04. The highest BCUT2D eigenvalue weighted by Gasteiger charge is 2.32. The van der Waals surface area contributed by atoms with Crippen LogP contribution in [0.1, 0.15) is 41.9 Å². The molecule has 5 heteroatoms. The van der Waals surface area contributed by atoms with Crippen LogP contribution in [0.25, 0.3) is 0 Å². The van der Waals surface area contributed by atoms with Gasteiger partial charge in [0.25, 0.3) is 0 Å². The van der Waals surface area contributed by atoms with Crippen molar-refractivity contribution < 1.29 is 4.74 Å². The molecular formula is C15H14BrN3O. The first kappa shape index (κ1) is 12.1. The fourth-order valence-electron chi connectivity index (χ4n) is 2.60. The molecule has 1 aromatic heterocycles. The van der Waals surface area contributed by atoms with Crippen LogP contribution in [0.2, 0.25) is 0 Å². The van der Waals surface area contributed by atoms with Crippen LogP contribution < -0.4 is 10.5 Å². The molecule has 102 valence electrons. The number of nitrogens with zero attached hydrogens (tertiary/aromatic N) is 2. The van der Waals surface area contributed by atoms with E-state index in [0.29, 0.717) is 17.6 Å². The van der Waals surface area contributed by atoms with Crippen LogP contribution in [-0.2, 0) is 6.42 Å². The highest BCUT2D eigenvalue weighted by molar-refractivity contribution is 9.10. The first-order valence-electron chi connectivity index (χ1n) is 6.79. The van der Waals surface area contributed by atoms with E-state index in [2.05, 4.69) is 27.0 Å². The summed E-state index contributed by atoms with van der Waals surface area (Å²) in [5, 5.41) is 0. The summed E-state index contributed by atoms with van der Waals surface area (Å²) >= 11 is 3.50. The van der Waals surface area contributed by atoms with Gasteiger partial charge in [-0.05, 0) is 40.4 Å². The molecule has 2 aromatic rings. The van der Waals surface area contributed by atoms with E-state index in [1.54, 1.807) is 0 Å². The van der Waals surface area contributed by atoms with Crippen molar-refractivity contribution in [1.29, 1.82) is 0 Å². The molecule has 1 fully saturated rings. The maximum Gasteiger partial charge on any atom is 0.172 e. The molecule has 2 aliphatic rings. The highest BCUT2D eigenvalue weighted by Crippen LogP contribution is 2.44. The van der Waals surface area contributed by atoms with E-state index < -0.39 is 0 Å². The van der Waals surface area contributed by atoms with Crippen molar-refractivity contribution in [2.24, 2.45) is 0 Å². The van der Waals surface area contributed by atoms with E-state index in [9.17, 15) is 0 Å². The molecule has 0 saturated heterocycles. The smallest absolute Gasteiger partial charge is 0.172 e. The Labute approximate surface area is 125 Å². The average molecular weight is 332 g/mol. The van der Waals surface area contributed by atoms with Gasteiger partial charge in [-0.2, -0.15) is 0 Å². The average Bonchev–Trinajstić information content (AvgIpc) is 3.19. The van der Waals surface area contributed by atoms with Crippen molar-refractivity contribution in [1.82, 2.24) is 9.97 Å². The van der Waals surface area contributed by atoms with E-state index in [1.165, 1.54) is 18.4 Å². The standard InChI is InChI=1S/C15H14BrN3O/c16-12-13(8-5-6-8)18-15(19-14(12)17)11-7-9-3-1-2-4-10(9)20-11/h1-4,8,11H,5-7H2,(H2,17,18,19). The zero-order chi connectivity index (χ0) is 13.7. The topological polar surface area (TPSA) is 61.0 Å². The summed E-state index contributed by atoms with van der Waals surface area (Å²) < 4.78 is 6.79. The third-order valence-corrected chi connectivity index (χ3v) is 4.63. The van der Waals surface area contributed by atoms with Gasteiger partial charge in [0.1, 0.15) is 11.6 Å². The van der Waals surface area contributed by atoms with Crippen LogP contribution in [0.15, 0.2) is 28.7 Å². The first-order chi connectivity index (χ1) is 9.72. The number of para-hydroxylation sites is 1. The fraction of sp³-hybridized carbons (Fsp3) is 0.333. The minimum atomic E-state index is -0.125. The Hall–Kier alpha value is -1.62. The van der Waals surface area contributed by atoms with E-state index in [1.807, 2.05) is 18.2 Å². The van der Waals surface area contributed by atoms with Gasteiger partial charge in [0.15, 0.2) is 11.9 Å². The van der Waals surface area contributed by atoms with Crippen LogP contribution in [0, 0.1) is 0 Å². The van der Waals surface area contributed by atoms with Gasteiger partial charge < -0.3 is 10.5 Å². The summed E-state index contributed by atoms with van der Waals surface area (Å²) in [4.78, 5) is 9.10. The zero-order valence-corrected chi connectivity index (χ0v) is 12.4. The molecule has 0 radical (unpaired) electrons. The molecule has 2 heterocycles. The van der Waals surface area contributed by atoms with Gasteiger partial charge in [-0.15, -0.1) is 0 Å². The third-order valence-electron chi connectivity index (χ3n) is 3.82. The third kappa shape index (κ3) is 1.97. The van der Waals surface area contributed by atoms with Gasteiger partial charge in [-0.3, -0.25) is 0 Å².